The van der Waals surface area contributed by atoms with Crippen molar-refractivity contribution in [2.24, 2.45) is 0 Å². The Morgan fingerprint density at radius 2 is 2.05 bits per heavy atom. The van der Waals surface area contributed by atoms with E-state index in [1.165, 1.54) is 25.3 Å². The Bertz CT molecular complexity index is 623. The molecule has 1 saturated heterocycles. The molecule has 1 heterocycles. The summed E-state index contributed by atoms with van der Waals surface area (Å²) >= 11 is 0. The van der Waals surface area contributed by atoms with Gasteiger partial charge in [-0.05, 0) is 12.1 Å². The van der Waals surface area contributed by atoms with Gasteiger partial charge in [0, 0.05) is 0 Å². The quantitative estimate of drug-likeness (QED) is 0.801. The van der Waals surface area contributed by atoms with E-state index >= 15 is 0 Å². The van der Waals surface area contributed by atoms with Crippen LogP contribution in [0.2, 0.25) is 0 Å². The van der Waals surface area contributed by atoms with E-state index in [9.17, 15) is 18.3 Å². The molecular weight excluding hydrogens is 288 g/mol. The first-order chi connectivity index (χ1) is 9.34. The number of aliphatic hydroxyl groups excluding tert-OH is 1. The molecule has 2 unspecified atom stereocenters. The predicted molar refractivity (Wildman–Crippen MR) is 69.0 cm³/mol. The van der Waals surface area contributed by atoms with Crippen LogP contribution in [0.4, 0.5) is 0 Å². The monoisotopic (exact) mass is 302 g/mol. The molecule has 7 nitrogen and oxygen atoms in total. The highest BCUT2D eigenvalue weighted by molar-refractivity contribution is 7.91. The van der Waals surface area contributed by atoms with E-state index in [4.69, 9.17) is 14.6 Å². The van der Waals surface area contributed by atoms with Gasteiger partial charge >= 0.3 is 5.97 Å². The van der Waals surface area contributed by atoms with E-state index < -0.39 is 33.8 Å². The molecule has 0 saturated carbocycles. The van der Waals surface area contributed by atoms with E-state index in [1.807, 2.05) is 0 Å². The molecule has 2 N–H and O–H groups in total. The zero-order valence-corrected chi connectivity index (χ0v) is 11.5. The van der Waals surface area contributed by atoms with Crippen molar-refractivity contribution in [2.75, 3.05) is 18.6 Å². The van der Waals surface area contributed by atoms with Gasteiger partial charge in [-0.1, -0.05) is 6.07 Å². The van der Waals surface area contributed by atoms with Crippen molar-refractivity contribution in [1.82, 2.24) is 0 Å². The summed E-state index contributed by atoms with van der Waals surface area (Å²) in [7, 11) is -2.04. The van der Waals surface area contributed by atoms with Crippen molar-refractivity contribution < 1.29 is 32.9 Å². The largest absolute Gasteiger partial charge is 0.493 e. The number of hydrogen-bond donors (Lipinski definition) is 2. The number of hydrogen-bond acceptors (Lipinski definition) is 6. The SMILES string of the molecule is COc1cccc(C(=O)O)c1OC1CS(=O)(=O)CC1O. The average molecular weight is 302 g/mol. The van der Waals surface area contributed by atoms with Crippen LogP contribution in [0.3, 0.4) is 0 Å². The van der Waals surface area contributed by atoms with E-state index in [1.54, 1.807) is 0 Å². The summed E-state index contributed by atoms with van der Waals surface area (Å²) in [4.78, 5) is 11.2. The molecule has 1 fully saturated rings. The number of rotatable bonds is 4. The van der Waals surface area contributed by atoms with Crippen LogP contribution in [0.25, 0.3) is 0 Å². The van der Waals surface area contributed by atoms with Gasteiger partial charge in [0.05, 0.1) is 18.6 Å². The lowest BCUT2D eigenvalue weighted by molar-refractivity contribution is 0.0625. The standard InChI is InChI=1S/C12H14O7S/c1-18-9-4-2-3-7(12(14)15)11(9)19-10-6-20(16,17)5-8(10)13/h2-4,8,10,13H,5-6H2,1H3,(H,14,15). The maximum absolute atomic E-state index is 11.4. The van der Waals surface area contributed by atoms with E-state index in [2.05, 4.69) is 0 Å². The fourth-order valence-corrected chi connectivity index (χ4v) is 3.69. The highest BCUT2D eigenvalue weighted by Gasteiger charge is 2.39. The second-order valence-electron chi connectivity index (χ2n) is 4.44. The Hall–Kier alpha value is -1.80. The van der Waals surface area contributed by atoms with E-state index in [-0.39, 0.29) is 22.8 Å². The van der Waals surface area contributed by atoms with Crippen molar-refractivity contribution in [1.29, 1.82) is 0 Å². The Labute approximate surface area is 115 Å². The van der Waals surface area contributed by atoms with Crippen LogP contribution in [0, 0.1) is 0 Å². The molecule has 0 aliphatic carbocycles. The van der Waals surface area contributed by atoms with Crippen LogP contribution >= 0.6 is 0 Å². The van der Waals surface area contributed by atoms with Gasteiger partial charge in [0.1, 0.15) is 17.8 Å². The number of aliphatic hydroxyl groups is 1. The Morgan fingerprint density at radius 3 is 2.55 bits per heavy atom. The van der Waals surface area contributed by atoms with Gasteiger partial charge in [0.25, 0.3) is 0 Å². The number of aromatic carboxylic acids is 1. The van der Waals surface area contributed by atoms with Crippen molar-refractivity contribution in [2.45, 2.75) is 12.2 Å². The van der Waals surface area contributed by atoms with Crippen LogP contribution in [-0.4, -0.2) is 55.4 Å². The summed E-state index contributed by atoms with van der Waals surface area (Å²) in [5, 5.41) is 18.8. The van der Waals surface area contributed by atoms with Crippen molar-refractivity contribution >= 4 is 15.8 Å². The summed E-state index contributed by atoms with van der Waals surface area (Å²) in [6.07, 6.45) is -2.19. The summed E-state index contributed by atoms with van der Waals surface area (Å²) in [5.74, 6) is -1.89. The van der Waals surface area contributed by atoms with E-state index in [0.717, 1.165) is 0 Å². The maximum Gasteiger partial charge on any atom is 0.339 e. The normalized spacial score (nSPS) is 24.3. The topological polar surface area (TPSA) is 110 Å². The number of methoxy groups -OCH3 is 1. The van der Waals surface area contributed by atoms with Gasteiger partial charge in [-0.2, -0.15) is 0 Å². The first-order valence-corrected chi connectivity index (χ1v) is 7.61. The van der Waals surface area contributed by atoms with Crippen LogP contribution in [0.5, 0.6) is 11.5 Å². The lowest BCUT2D eigenvalue weighted by Crippen LogP contribution is -2.30. The average Bonchev–Trinajstić information content (AvgIpc) is 2.62. The Balaban J connectivity index is 2.36. The van der Waals surface area contributed by atoms with Gasteiger partial charge < -0.3 is 19.7 Å². The third-order valence-electron chi connectivity index (χ3n) is 2.97. The van der Waals surface area contributed by atoms with Crippen LogP contribution in [0.1, 0.15) is 10.4 Å². The fraction of sp³-hybridized carbons (Fsp3) is 0.417. The molecule has 8 heteroatoms. The molecule has 20 heavy (non-hydrogen) atoms. The third kappa shape index (κ3) is 2.86. The van der Waals surface area contributed by atoms with Gasteiger partial charge in [0.2, 0.25) is 0 Å². The third-order valence-corrected chi connectivity index (χ3v) is 4.66. The number of ether oxygens (including phenoxy) is 2. The van der Waals surface area contributed by atoms with Crippen molar-refractivity contribution in [3.05, 3.63) is 23.8 Å². The van der Waals surface area contributed by atoms with Gasteiger partial charge in [-0.15, -0.1) is 0 Å². The number of carboxylic acid groups (broad SMARTS) is 1. The molecular formula is C12H14O7S. The lowest BCUT2D eigenvalue weighted by Gasteiger charge is -2.19. The summed E-state index contributed by atoms with van der Waals surface area (Å²) < 4.78 is 33.3. The molecule has 2 rings (SSSR count). The molecule has 1 aromatic carbocycles. The van der Waals surface area contributed by atoms with Gasteiger partial charge in [-0.25, -0.2) is 13.2 Å². The molecule has 0 radical (unpaired) electrons. The smallest absolute Gasteiger partial charge is 0.339 e. The Morgan fingerprint density at radius 1 is 1.35 bits per heavy atom. The van der Waals surface area contributed by atoms with Crippen LogP contribution in [0.15, 0.2) is 18.2 Å². The summed E-state index contributed by atoms with van der Waals surface area (Å²) in [6.45, 7) is 0. The minimum atomic E-state index is -3.38. The molecule has 0 amide bonds. The molecule has 0 spiro atoms. The zero-order chi connectivity index (χ0) is 14.9. The van der Waals surface area contributed by atoms with Gasteiger partial charge in [-0.3, -0.25) is 0 Å². The number of carboxylic acids is 1. The molecule has 1 aromatic rings. The second kappa shape index (κ2) is 5.29. The fourth-order valence-electron chi connectivity index (χ4n) is 2.03. The first kappa shape index (κ1) is 14.6. The molecule has 110 valence electrons. The van der Waals surface area contributed by atoms with Crippen molar-refractivity contribution in [3.8, 4) is 11.5 Å². The van der Waals surface area contributed by atoms with Crippen LogP contribution in [-0.2, 0) is 9.84 Å². The Kier molecular flexibility index (Phi) is 3.87. The molecule has 1 aliphatic rings. The minimum Gasteiger partial charge on any atom is -0.493 e. The van der Waals surface area contributed by atoms with Crippen LogP contribution < -0.4 is 9.47 Å². The highest BCUT2D eigenvalue weighted by atomic mass is 32.2. The number of sulfone groups is 1. The zero-order valence-electron chi connectivity index (χ0n) is 10.6. The number of benzene rings is 1. The highest BCUT2D eigenvalue weighted by Crippen LogP contribution is 2.33. The summed E-state index contributed by atoms with van der Waals surface area (Å²) in [6, 6.07) is 4.30. The lowest BCUT2D eigenvalue weighted by atomic mass is 10.1. The molecule has 0 aromatic heterocycles. The predicted octanol–water partition coefficient (Wildman–Crippen LogP) is -0.0699. The molecule has 2 atom stereocenters. The minimum absolute atomic E-state index is 0.0800. The summed E-state index contributed by atoms with van der Waals surface area (Å²) in [5.41, 5.74) is -0.152. The van der Waals surface area contributed by atoms with Crippen molar-refractivity contribution in [3.63, 3.8) is 0 Å². The molecule has 0 bridgehead atoms. The number of para-hydroxylation sites is 1. The first-order valence-electron chi connectivity index (χ1n) is 5.79. The van der Waals surface area contributed by atoms with E-state index in [0.29, 0.717) is 0 Å². The maximum atomic E-state index is 11.4. The second-order valence-corrected chi connectivity index (χ2v) is 6.60. The van der Waals surface area contributed by atoms with Gasteiger partial charge in [0.15, 0.2) is 21.3 Å². The molecule has 1 aliphatic heterocycles. The number of carbonyl (C=O) groups is 1.